The van der Waals surface area contributed by atoms with E-state index in [-0.39, 0.29) is 5.91 Å². The van der Waals surface area contributed by atoms with E-state index in [2.05, 4.69) is 28.2 Å². The summed E-state index contributed by atoms with van der Waals surface area (Å²) in [6.45, 7) is 6.37. The van der Waals surface area contributed by atoms with Crippen LogP contribution in [0, 0.1) is 6.92 Å². The number of para-hydroxylation sites is 1. The van der Waals surface area contributed by atoms with Gasteiger partial charge in [-0.25, -0.2) is 4.98 Å². The molecule has 0 saturated carbocycles. The number of nitrogens with one attached hydrogen (secondary N) is 2. The van der Waals surface area contributed by atoms with Gasteiger partial charge in [-0.15, -0.1) is 0 Å². The number of imidazole rings is 1. The topological polar surface area (TPSA) is 61.0 Å². The fraction of sp³-hybridized carbons (Fsp3) is 0.391. The Labute approximate surface area is 176 Å². The first kappa shape index (κ1) is 19.9. The van der Waals surface area contributed by atoms with E-state index in [1.165, 1.54) is 5.56 Å². The summed E-state index contributed by atoms with van der Waals surface area (Å²) in [5, 5.41) is 3.85. The molecule has 3 aromatic rings. The Bertz CT molecular complexity index is 1020. The van der Waals surface area contributed by atoms with E-state index in [1.807, 2.05) is 37.3 Å². The fourth-order valence-electron chi connectivity index (χ4n) is 4.14. The van der Waals surface area contributed by atoms with Crippen LogP contribution in [0.2, 0.25) is 5.02 Å². The van der Waals surface area contributed by atoms with Crippen LogP contribution in [-0.2, 0) is 11.2 Å². The first-order chi connectivity index (χ1) is 14.0. The van der Waals surface area contributed by atoms with Crippen LogP contribution >= 0.6 is 11.6 Å². The molecule has 5 nitrogen and oxygen atoms in total. The van der Waals surface area contributed by atoms with Gasteiger partial charge in [-0.05, 0) is 68.6 Å². The van der Waals surface area contributed by atoms with Gasteiger partial charge in [0.15, 0.2) is 0 Å². The minimum atomic E-state index is 0.0610. The molecule has 0 atom stereocenters. The predicted octanol–water partition coefficient (Wildman–Crippen LogP) is 4.91. The van der Waals surface area contributed by atoms with Crippen LogP contribution in [0.25, 0.3) is 11.0 Å². The summed E-state index contributed by atoms with van der Waals surface area (Å²) in [6, 6.07) is 11.9. The summed E-state index contributed by atoms with van der Waals surface area (Å²) in [5.74, 6) is 1.48. The van der Waals surface area contributed by atoms with Crippen molar-refractivity contribution in [1.29, 1.82) is 0 Å². The summed E-state index contributed by atoms with van der Waals surface area (Å²) in [7, 11) is 0. The van der Waals surface area contributed by atoms with Gasteiger partial charge in [0.2, 0.25) is 5.91 Å². The molecule has 152 valence electrons. The lowest BCUT2D eigenvalue weighted by atomic mass is 9.96. The summed E-state index contributed by atoms with van der Waals surface area (Å²) < 4.78 is 0. The molecule has 1 aromatic heterocycles. The molecule has 1 aliphatic heterocycles. The molecule has 2 heterocycles. The summed E-state index contributed by atoms with van der Waals surface area (Å²) in [5.41, 5.74) is 5.20. The molecule has 29 heavy (non-hydrogen) atoms. The van der Waals surface area contributed by atoms with Crippen molar-refractivity contribution in [3.63, 3.8) is 0 Å². The third kappa shape index (κ3) is 4.46. The first-order valence-electron chi connectivity index (χ1n) is 10.3. The number of amides is 1. The van der Waals surface area contributed by atoms with E-state index in [9.17, 15) is 4.79 Å². The number of aryl methyl sites for hydroxylation is 2. The number of rotatable bonds is 5. The molecule has 0 aliphatic carbocycles. The average molecular weight is 411 g/mol. The second-order valence-electron chi connectivity index (χ2n) is 7.84. The van der Waals surface area contributed by atoms with Crippen LogP contribution in [0.1, 0.15) is 42.6 Å². The summed E-state index contributed by atoms with van der Waals surface area (Å²) >= 11 is 6.08. The van der Waals surface area contributed by atoms with Gasteiger partial charge in [0.05, 0.1) is 17.6 Å². The maximum atomic E-state index is 12.6. The zero-order chi connectivity index (χ0) is 20.4. The Morgan fingerprint density at radius 1 is 1.28 bits per heavy atom. The molecule has 0 bridgehead atoms. The third-order valence-electron chi connectivity index (χ3n) is 5.81. The Morgan fingerprint density at radius 2 is 2.07 bits per heavy atom. The Kier molecular flexibility index (Phi) is 5.88. The highest BCUT2D eigenvalue weighted by molar-refractivity contribution is 6.31. The number of benzene rings is 2. The number of halogens is 1. The van der Waals surface area contributed by atoms with Crippen LogP contribution in [-0.4, -0.2) is 40.4 Å². The second-order valence-corrected chi connectivity index (χ2v) is 8.28. The highest BCUT2D eigenvalue weighted by Gasteiger charge is 2.24. The zero-order valence-electron chi connectivity index (χ0n) is 17.0. The predicted molar refractivity (Wildman–Crippen MR) is 119 cm³/mol. The molecule has 2 N–H and O–H groups in total. The number of carbonyl (C=O) groups excluding carboxylic acids is 1. The Balaban J connectivity index is 1.34. The maximum Gasteiger partial charge on any atom is 0.238 e. The number of H-pyrrole nitrogens is 1. The number of hydrogen-bond donors (Lipinski definition) is 2. The normalized spacial score (nSPS) is 15.7. The maximum absolute atomic E-state index is 12.6. The molecular formula is C23H27ClN4O. The molecule has 1 amide bonds. The van der Waals surface area contributed by atoms with Crippen LogP contribution in [0.15, 0.2) is 36.4 Å². The highest BCUT2D eigenvalue weighted by Crippen LogP contribution is 2.28. The van der Waals surface area contributed by atoms with Gasteiger partial charge in [0.25, 0.3) is 0 Å². The number of nitrogens with zero attached hydrogens (tertiary/aromatic N) is 2. The van der Waals surface area contributed by atoms with E-state index in [0.717, 1.165) is 60.5 Å². The van der Waals surface area contributed by atoms with E-state index < -0.39 is 0 Å². The largest absolute Gasteiger partial charge is 0.342 e. The van der Waals surface area contributed by atoms with E-state index in [0.29, 0.717) is 17.5 Å². The smallest absolute Gasteiger partial charge is 0.238 e. The zero-order valence-corrected chi connectivity index (χ0v) is 17.7. The van der Waals surface area contributed by atoms with Crippen LogP contribution in [0.4, 0.5) is 5.69 Å². The van der Waals surface area contributed by atoms with Crippen molar-refractivity contribution in [2.75, 3.05) is 25.0 Å². The van der Waals surface area contributed by atoms with Crippen molar-refractivity contribution in [1.82, 2.24) is 14.9 Å². The van der Waals surface area contributed by atoms with Crippen molar-refractivity contribution < 1.29 is 4.79 Å². The molecule has 6 heteroatoms. The van der Waals surface area contributed by atoms with Crippen LogP contribution < -0.4 is 5.32 Å². The minimum Gasteiger partial charge on any atom is -0.342 e. The number of likely N-dealkylation sites (tertiary alicyclic amines) is 1. The number of fused-ring (bicyclic) bond motifs is 1. The molecule has 1 saturated heterocycles. The molecule has 0 unspecified atom stereocenters. The number of hydrogen-bond acceptors (Lipinski definition) is 3. The SMILES string of the molecule is CCc1cccc(C)c1NC(=O)CN1CCC(c2nc3ccc(Cl)cc3[nH]2)CC1. The highest BCUT2D eigenvalue weighted by atomic mass is 35.5. The van der Waals surface area contributed by atoms with Crippen molar-refractivity contribution in [3.05, 3.63) is 58.4 Å². The standard InChI is InChI=1S/C23H27ClN4O/c1-3-16-6-4-5-15(2)22(16)27-21(29)14-28-11-9-17(10-12-28)23-25-19-8-7-18(24)13-20(19)26-23/h4-8,13,17H,3,9-12,14H2,1-2H3,(H,25,26)(H,27,29). The number of carbonyl (C=O) groups is 1. The lowest BCUT2D eigenvalue weighted by Gasteiger charge is -2.30. The second kappa shape index (κ2) is 8.56. The first-order valence-corrected chi connectivity index (χ1v) is 10.7. The van der Waals surface area contributed by atoms with Gasteiger partial charge >= 0.3 is 0 Å². The monoisotopic (exact) mass is 410 g/mol. The molecule has 0 radical (unpaired) electrons. The lowest BCUT2D eigenvalue weighted by molar-refractivity contribution is -0.117. The van der Waals surface area contributed by atoms with Crippen molar-refractivity contribution >= 4 is 34.2 Å². The number of aromatic nitrogens is 2. The quantitative estimate of drug-likeness (QED) is 0.628. The van der Waals surface area contributed by atoms with E-state index in [4.69, 9.17) is 16.6 Å². The van der Waals surface area contributed by atoms with Gasteiger partial charge in [-0.1, -0.05) is 36.7 Å². The number of piperidine rings is 1. The van der Waals surface area contributed by atoms with Gasteiger partial charge in [-0.3, -0.25) is 9.69 Å². The Hall–Kier alpha value is -2.37. The lowest BCUT2D eigenvalue weighted by Crippen LogP contribution is -2.39. The van der Waals surface area contributed by atoms with Crippen molar-refractivity contribution in [3.8, 4) is 0 Å². The van der Waals surface area contributed by atoms with Gasteiger partial charge < -0.3 is 10.3 Å². The van der Waals surface area contributed by atoms with E-state index >= 15 is 0 Å². The molecule has 2 aromatic carbocycles. The number of aromatic amines is 1. The van der Waals surface area contributed by atoms with Gasteiger partial charge in [-0.2, -0.15) is 0 Å². The van der Waals surface area contributed by atoms with Crippen molar-refractivity contribution in [2.24, 2.45) is 0 Å². The van der Waals surface area contributed by atoms with E-state index in [1.54, 1.807) is 0 Å². The summed E-state index contributed by atoms with van der Waals surface area (Å²) in [4.78, 5) is 23.0. The minimum absolute atomic E-state index is 0.0610. The molecule has 0 spiro atoms. The van der Waals surface area contributed by atoms with Gasteiger partial charge in [0, 0.05) is 16.6 Å². The third-order valence-corrected chi connectivity index (χ3v) is 6.04. The molecular weight excluding hydrogens is 384 g/mol. The van der Waals surface area contributed by atoms with Crippen LogP contribution in [0.3, 0.4) is 0 Å². The average Bonchev–Trinajstić information content (AvgIpc) is 3.13. The molecule has 1 aliphatic rings. The van der Waals surface area contributed by atoms with Gasteiger partial charge in [0.1, 0.15) is 5.82 Å². The summed E-state index contributed by atoms with van der Waals surface area (Å²) in [6.07, 6.45) is 2.89. The number of anilines is 1. The molecule has 4 rings (SSSR count). The molecule has 1 fully saturated rings. The van der Waals surface area contributed by atoms with Crippen LogP contribution in [0.5, 0.6) is 0 Å². The Morgan fingerprint density at radius 3 is 2.83 bits per heavy atom. The fourth-order valence-corrected chi connectivity index (χ4v) is 4.32. The van der Waals surface area contributed by atoms with Crippen molar-refractivity contribution in [2.45, 2.75) is 39.0 Å².